The molecule has 0 radical (unpaired) electrons. The van der Waals surface area contributed by atoms with Gasteiger partial charge in [0.05, 0.1) is 0 Å². The van der Waals surface area contributed by atoms with Gasteiger partial charge in [0, 0.05) is 22.1 Å². The Balaban J connectivity index is 1.48. The van der Waals surface area contributed by atoms with Gasteiger partial charge in [-0.25, -0.2) is 0 Å². The van der Waals surface area contributed by atoms with Crippen LogP contribution >= 0.6 is 23.2 Å². The van der Waals surface area contributed by atoms with E-state index in [1.807, 2.05) is 13.8 Å². The number of aryl methyl sites for hydroxylation is 2. The van der Waals surface area contributed by atoms with Gasteiger partial charge < -0.3 is 20.1 Å². The molecule has 8 heteroatoms. The second-order valence-electron chi connectivity index (χ2n) is 8.03. The molecule has 2 aromatic rings. The monoisotopic (exact) mass is 478 g/mol. The zero-order chi connectivity index (χ0) is 23.1. The number of nitrogens with one attached hydrogen (secondary N) is 2. The van der Waals surface area contributed by atoms with Crippen LogP contribution in [-0.4, -0.2) is 37.1 Å². The average Bonchev–Trinajstić information content (AvgIpc) is 2.74. The summed E-state index contributed by atoms with van der Waals surface area (Å²) < 4.78 is 11.3. The third-order valence-electron chi connectivity index (χ3n) is 5.45. The van der Waals surface area contributed by atoms with Gasteiger partial charge in [-0.05, 0) is 74.2 Å². The van der Waals surface area contributed by atoms with Gasteiger partial charge in [0.2, 0.25) is 0 Å². The minimum atomic E-state index is -0.224. The Morgan fingerprint density at radius 3 is 1.59 bits per heavy atom. The molecule has 172 valence electrons. The van der Waals surface area contributed by atoms with Crippen molar-refractivity contribution in [1.82, 2.24) is 10.6 Å². The maximum atomic E-state index is 12.5. The summed E-state index contributed by atoms with van der Waals surface area (Å²) in [5, 5.41) is 7.25. The lowest BCUT2D eigenvalue weighted by Crippen LogP contribution is -2.54. The largest absolute Gasteiger partial charge is 0.484 e. The van der Waals surface area contributed by atoms with Crippen molar-refractivity contribution in [2.45, 2.75) is 51.6 Å². The van der Waals surface area contributed by atoms with Gasteiger partial charge in [-0.15, -0.1) is 0 Å². The maximum Gasteiger partial charge on any atom is 0.258 e. The molecule has 1 saturated carbocycles. The summed E-state index contributed by atoms with van der Waals surface area (Å²) in [5.74, 6) is 0.789. The molecule has 0 bridgehead atoms. The number of carbonyl (C=O) groups excluding carboxylic acids is 2. The third kappa shape index (κ3) is 7.04. The van der Waals surface area contributed by atoms with E-state index in [1.54, 1.807) is 36.4 Å². The molecule has 0 spiro atoms. The van der Waals surface area contributed by atoms with Crippen LogP contribution in [0.2, 0.25) is 10.0 Å². The fourth-order valence-electron chi connectivity index (χ4n) is 3.81. The van der Waals surface area contributed by atoms with E-state index in [9.17, 15) is 9.59 Å². The lowest BCUT2D eigenvalue weighted by molar-refractivity contribution is -0.127. The molecule has 6 nitrogen and oxygen atoms in total. The Morgan fingerprint density at radius 1 is 0.812 bits per heavy atom. The van der Waals surface area contributed by atoms with Crippen LogP contribution in [-0.2, 0) is 9.59 Å². The number of benzene rings is 2. The summed E-state index contributed by atoms with van der Waals surface area (Å²) in [4.78, 5) is 24.9. The highest BCUT2D eigenvalue weighted by Gasteiger charge is 2.28. The van der Waals surface area contributed by atoms with Crippen molar-refractivity contribution in [2.24, 2.45) is 0 Å². The molecular weight excluding hydrogens is 451 g/mol. The smallest absolute Gasteiger partial charge is 0.258 e. The fourth-order valence-corrected chi connectivity index (χ4v) is 4.26. The molecule has 0 saturated heterocycles. The van der Waals surface area contributed by atoms with Crippen molar-refractivity contribution >= 4 is 35.0 Å². The summed E-state index contributed by atoms with van der Waals surface area (Å²) >= 11 is 11.9. The molecule has 2 atom stereocenters. The van der Waals surface area contributed by atoms with Crippen LogP contribution < -0.4 is 20.1 Å². The van der Waals surface area contributed by atoms with E-state index < -0.39 is 0 Å². The first kappa shape index (κ1) is 24.2. The number of rotatable bonds is 8. The molecule has 2 aromatic carbocycles. The van der Waals surface area contributed by atoms with Gasteiger partial charge in [0.1, 0.15) is 11.5 Å². The first-order chi connectivity index (χ1) is 15.3. The Labute approximate surface area is 198 Å². The molecule has 2 amide bonds. The molecule has 1 aliphatic carbocycles. The van der Waals surface area contributed by atoms with Crippen molar-refractivity contribution in [3.8, 4) is 11.5 Å². The van der Waals surface area contributed by atoms with Crippen LogP contribution in [0.15, 0.2) is 36.4 Å². The number of hydrogen-bond acceptors (Lipinski definition) is 4. The van der Waals surface area contributed by atoms with Crippen LogP contribution in [0.3, 0.4) is 0 Å². The maximum absolute atomic E-state index is 12.5. The van der Waals surface area contributed by atoms with Crippen molar-refractivity contribution in [3.05, 3.63) is 57.6 Å². The van der Waals surface area contributed by atoms with E-state index in [1.165, 1.54) is 0 Å². The standard InChI is InChI=1S/C24H28Cl2N2O4/c1-15-11-17(25)7-9-21(15)31-13-23(29)27-19-5-3-4-6-20(19)28-24(30)14-32-22-10-8-18(26)12-16(22)2/h7-12,19-20H,3-6,13-14H2,1-2H3,(H,27,29)(H,28,30)/t19-,20-/m1/s1. The predicted octanol–water partition coefficient (Wildman–Crippen LogP) is 4.61. The first-order valence-electron chi connectivity index (χ1n) is 10.7. The Hall–Kier alpha value is -2.44. The summed E-state index contributed by atoms with van der Waals surface area (Å²) in [5.41, 5.74) is 1.73. The summed E-state index contributed by atoms with van der Waals surface area (Å²) in [6.45, 7) is 3.55. The van der Waals surface area contributed by atoms with E-state index in [2.05, 4.69) is 10.6 Å². The van der Waals surface area contributed by atoms with E-state index in [0.29, 0.717) is 21.5 Å². The zero-order valence-electron chi connectivity index (χ0n) is 18.3. The summed E-state index contributed by atoms with van der Waals surface area (Å²) in [6.07, 6.45) is 3.59. The third-order valence-corrected chi connectivity index (χ3v) is 5.92. The van der Waals surface area contributed by atoms with Crippen LogP contribution in [0.5, 0.6) is 11.5 Å². The predicted molar refractivity (Wildman–Crippen MR) is 126 cm³/mol. The van der Waals surface area contributed by atoms with Gasteiger partial charge in [-0.3, -0.25) is 9.59 Å². The number of hydrogen-bond donors (Lipinski definition) is 2. The van der Waals surface area contributed by atoms with Crippen LogP contribution in [0.1, 0.15) is 36.8 Å². The van der Waals surface area contributed by atoms with Crippen molar-refractivity contribution in [3.63, 3.8) is 0 Å². The zero-order valence-corrected chi connectivity index (χ0v) is 19.8. The summed E-state index contributed by atoms with van der Waals surface area (Å²) in [6, 6.07) is 10.2. The molecular formula is C24H28Cl2N2O4. The number of amides is 2. The molecule has 0 unspecified atom stereocenters. The quantitative estimate of drug-likeness (QED) is 0.580. The lowest BCUT2D eigenvalue weighted by Gasteiger charge is -2.32. The summed E-state index contributed by atoms with van der Waals surface area (Å²) in [7, 11) is 0. The molecule has 1 aliphatic rings. The highest BCUT2D eigenvalue weighted by atomic mass is 35.5. The lowest BCUT2D eigenvalue weighted by atomic mass is 9.90. The number of carbonyl (C=O) groups is 2. The minimum Gasteiger partial charge on any atom is -0.484 e. The normalized spacial score (nSPS) is 18.0. The molecule has 32 heavy (non-hydrogen) atoms. The van der Waals surface area contributed by atoms with Crippen LogP contribution in [0, 0.1) is 13.8 Å². The molecule has 0 aliphatic heterocycles. The van der Waals surface area contributed by atoms with E-state index >= 15 is 0 Å². The molecule has 2 N–H and O–H groups in total. The van der Waals surface area contributed by atoms with Crippen LogP contribution in [0.4, 0.5) is 0 Å². The minimum absolute atomic E-state index is 0.0986. The van der Waals surface area contributed by atoms with Crippen LogP contribution in [0.25, 0.3) is 0 Å². The molecule has 0 heterocycles. The van der Waals surface area contributed by atoms with Crippen molar-refractivity contribution < 1.29 is 19.1 Å². The molecule has 1 fully saturated rings. The van der Waals surface area contributed by atoms with Gasteiger partial charge >= 0.3 is 0 Å². The fraction of sp³-hybridized carbons (Fsp3) is 0.417. The van der Waals surface area contributed by atoms with Gasteiger partial charge in [-0.1, -0.05) is 36.0 Å². The SMILES string of the molecule is Cc1cc(Cl)ccc1OCC(=O)N[C@@H]1CCCC[C@H]1NC(=O)COc1ccc(Cl)cc1C. The van der Waals surface area contributed by atoms with Gasteiger partial charge in [0.15, 0.2) is 13.2 Å². The topological polar surface area (TPSA) is 76.7 Å². The van der Waals surface area contributed by atoms with Crippen molar-refractivity contribution in [1.29, 1.82) is 0 Å². The Morgan fingerprint density at radius 2 is 1.22 bits per heavy atom. The molecule has 0 aromatic heterocycles. The van der Waals surface area contributed by atoms with Gasteiger partial charge in [0.25, 0.3) is 11.8 Å². The van der Waals surface area contributed by atoms with Crippen molar-refractivity contribution in [2.75, 3.05) is 13.2 Å². The van der Waals surface area contributed by atoms with Gasteiger partial charge in [-0.2, -0.15) is 0 Å². The molecule has 3 rings (SSSR count). The number of halogens is 2. The van der Waals surface area contributed by atoms with E-state index in [4.69, 9.17) is 32.7 Å². The Bertz CT molecular complexity index is 890. The second kappa shape index (κ2) is 11.4. The highest BCUT2D eigenvalue weighted by molar-refractivity contribution is 6.31. The Kier molecular flexibility index (Phi) is 8.65. The first-order valence-corrected chi connectivity index (χ1v) is 11.4. The highest BCUT2D eigenvalue weighted by Crippen LogP contribution is 2.23. The van der Waals surface area contributed by atoms with E-state index in [-0.39, 0.29) is 37.1 Å². The van der Waals surface area contributed by atoms with E-state index in [0.717, 1.165) is 36.8 Å². The second-order valence-corrected chi connectivity index (χ2v) is 8.90. The number of ether oxygens (including phenoxy) is 2. The average molecular weight is 479 g/mol.